The van der Waals surface area contributed by atoms with Gasteiger partial charge < -0.3 is 10.0 Å². The highest BCUT2D eigenvalue weighted by Crippen LogP contribution is 2.30. The van der Waals surface area contributed by atoms with E-state index in [1.807, 2.05) is 0 Å². The molecule has 1 heterocycles. The standard InChI is InChI=1S/C13H15FN2O4/c14-11-7-10(16(19)20)4-5-12(11)15-6-2-1-3-9(15)8-13(17)18/h4-5,7,9H,1-3,6,8H2,(H,17,18). The third-order valence-corrected chi connectivity index (χ3v) is 3.49. The van der Waals surface area contributed by atoms with Crippen LogP contribution >= 0.6 is 0 Å². The van der Waals surface area contributed by atoms with Crippen LogP contribution in [0.5, 0.6) is 0 Å². The van der Waals surface area contributed by atoms with Crippen LogP contribution in [0.15, 0.2) is 18.2 Å². The van der Waals surface area contributed by atoms with E-state index in [0.29, 0.717) is 13.0 Å². The van der Waals surface area contributed by atoms with Gasteiger partial charge >= 0.3 is 5.97 Å². The highest BCUT2D eigenvalue weighted by atomic mass is 19.1. The van der Waals surface area contributed by atoms with Gasteiger partial charge in [-0.25, -0.2) is 4.39 Å². The maximum absolute atomic E-state index is 14.0. The summed E-state index contributed by atoms with van der Waals surface area (Å²) in [5.41, 5.74) is -0.0698. The Morgan fingerprint density at radius 2 is 2.25 bits per heavy atom. The minimum absolute atomic E-state index is 0.0591. The van der Waals surface area contributed by atoms with Gasteiger partial charge in [0.25, 0.3) is 5.69 Å². The van der Waals surface area contributed by atoms with E-state index in [1.165, 1.54) is 12.1 Å². The lowest BCUT2D eigenvalue weighted by Crippen LogP contribution is -2.41. The van der Waals surface area contributed by atoms with Crippen LogP contribution in [0, 0.1) is 15.9 Å². The fraction of sp³-hybridized carbons (Fsp3) is 0.462. The Morgan fingerprint density at radius 3 is 2.85 bits per heavy atom. The van der Waals surface area contributed by atoms with E-state index in [-0.39, 0.29) is 23.8 Å². The SMILES string of the molecule is O=C(O)CC1CCCCN1c1ccc([N+](=O)[O-])cc1F. The molecule has 2 rings (SSSR count). The minimum Gasteiger partial charge on any atom is -0.481 e. The Hall–Kier alpha value is -2.18. The third-order valence-electron chi connectivity index (χ3n) is 3.49. The fourth-order valence-corrected chi connectivity index (χ4v) is 2.57. The number of halogens is 1. The van der Waals surface area contributed by atoms with Crippen LogP contribution in [-0.2, 0) is 4.79 Å². The molecule has 1 aliphatic heterocycles. The highest BCUT2D eigenvalue weighted by Gasteiger charge is 2.27. The van der Waals surface area contributed by atoms with Crippen molar-refractivity contribution in [1.82, 2.24) is 0 Å². The average molecular weight is 282 g/mol. The van der Waals surface area contributed by atoms with Crippen molar-refractivity contribution in [3.63, 3.8) is 0 Å². The van der Waals surface area contributed by atoms with Gasteiger partial charge in [0.05, 0.1) is 23.1 Å². The van der Waals surface area contributed by atoms with Gasteiger partial charge in [-0.15, -0.1) is 0 Å². The van der Waals surface area contributed by atoms with E-state index in [0.717, 1.165) is 18.9 Å². The smallest absolute Gasteiger partial charge is 0.305 e. The topological polar surface area (TPSA) is 83.7 Å². The second-order valence-electron chi connectivity index (χ2n) is 4.83. The molecular weight excluding hydrogens is 267 g/mol. The van der Waals surface area contributed by atoms with Crippen molar-refractivity contribution < 1.29 is 19.2 Å². The first kappa shape index (κ1) is 14.2. The summed E-state index contributed by atoms with van der Waals surface area (Å²) in [5, 5.41) is 19.5. The second kappa shape index (κ2) is 5.85. The molecule has 1 unspecified atom stereocenters. The Bertz CT molecular complexity index is 535. The summed E-state index contributed by atoms with van der Waals surface area (Å²) < 4.78 is 14.0. The summed E-state index contributed by atoms with van der Waals surface area (Å²) in [4.78, 5) is 22.5. The molecule has 0 radical (unpaired) electrons. The van der Waals surface area contributed by atoms with Crippen molar-refractivity contribution in [2.75, 3.05) is 11.4 Å². The van der Waals surface area contributed by atoms with Gasteiger partial charge in [0, 0.05) is 18.7 Å². The predicted molar refractivity (Wildman–Crippen MR) is 70.3 cm³/mol. The quantitative estimate of drug-likeness (QED) is 0.677. The number of carboxylic acid groups (broad SMARTS) is 1. The maximum atomic E-state index is 14.0. The molecule has 6 nitrogen and oxygen atoms in total. The summed E-state index contributed by atoms with van der Waals surface area (Å²) >= 11 is 0. The van der Waals surface area contributed by atoms with Crippen LogP contribution in [0.4, 0.5) is 15.8 Å². The first-order valence-corrected chi connectivity index (χ1v) is 6.41. The number of piperidine rings is 1. The summed E-state index contributed by atoms with van der Waals surface area (Å²) in [6, 6.07) is 3.21. The molecule has 1 aromatic rings. The Kier molecular flexibility index (Phi) is 4.16. The zero-order chi connectivity index (χ0) is 14.7. The van der Waals surface area contributed by atoms with Crippen LogP contribution in [0.2, 0.25) is 0 Å². The molecule has 0 aliphatic carbocycles. The molecule has 0 spiro atoms. The van der Waals surface area contributed by atoms with Crippen LogP contribution in [0.25, 0.3) is 0 Å². The lowest BCUT2D eigenvalue weighted by molar-refractivity contribution is -0.385. The predicted octanol–water partition coefficient (Wildman–Crippen LogP) is 2.57. The average Bonchev–Trinajstić information content (AvgIpc) is 2.39. The number of hydrogen-bond donors (Lipinski definition) is 1. The van der Waals surface area contributed by atoms with E-state index >= 15 is 0 Å². The largest absolute Gasteiger partial charge is 0.481 e. The van der Waals surface area contributed by atoms with Crippen molar-refractivity contribution in [3.8, 4) is 0 Å². The van der Waals surface area contributed by atoms with Crippen molar-refractivity contribution in [2.24, 2.45) is 0 Å². The number of hydrogen-bond acceptors (Lipinski definition) is 4. The van der Waals surface area contributed by atoms with Crippen molar-refractivity contribution in [1.29, 1.82) is 0 Å². The molecule has 108 valence electrons. The van der Waals surface area contributed by atoms with Gasteiger partial charge in [-0.1, -0.05) is 0 Å². The highest BCUT2D eigenvalue weighted by molar-refractivity contribution is 5.69. The zero-order valence-electron chi connectivity index (χ0n) is 10.8. The number of benzene rings is 1. The molecule has 1 N–H and O–H groups in total. The molecule has 1 aromatic carbocycles. The van der Waals surface area contributed by atoms with Crippen LogP contribution in [-0.4, -0.2) is 28.6 Å². The van der Waals surface area contributed by atoms with Gasteiger partial charge in [-0.3, -0.25) is 14.9 Å². The Labute approximate surface area is 115 Å². The number of rotatable bonds is 4. The van der Waals surface area contributed by atoms with Gasteiger partial charge in [-0.2, -0.15) is 0 Å². The van der Waals surface area contributed by atoms with E-state index in [2.05, 4.69) is 0 Å². The third kappa shape index (κ3) is 3.04. The number of nitrogens with zero attached hydrogens (tertiary/aromatic N) is 2. The number of nitro groups is 1. The first-order valence-electron chi connectivity index (χ1n) is 6.41. The molecule has 0 saturated carbocycles. The van der Waals surface area contributed by atoms with Gasteiger partial charge in [0.1, 0.15) is 0 Å². The van der Waals surface area contributed by atoms with E-state index in [9.17, 15) is 19.3 Å². The molecular formula is C13H15FN2O4. The number of anilines is 1. The summed E-state index contributed by atoms with van der Waals surface area (Å²) in [6.45, 7) is 0.562. The maximum Gasteiger partial charge on any atom is 0.305 e. The van der Waals surface area contributed by atoms with E-state index in [1.54, 1.807) is 4.90 Å². The monoisotopic (exact) mass is 282 g/mol. The van der Waals surface area contributed by atoms with Crippen molar-refractivity contribution in [2.45, 2.75) is 31.7 Å². The molecule has 1 aliphatic rings. The van der Waals surface area contributed by atoms with Crippen molar-refractivity contribution >= 4 is 17.3 Å². The lowest BCUT2D eigenvalue weighted by Gasteiger charge is -2.36. The van der Waals surface area contributed by atoms with Crippen molar-refractivity contribution in [3.05, 3.63) is 34.1 Å². The molecule has 7 heteroatoms. The summed E-state index contributed by atoms with van der Waals surface area (Å²) in [5.74, 6) is -1.61. The zero-order valence-corrected chi connectivity index (χ0v) is 10.8. The summed E-state index contributed by atoms with van der Waals surface area (Å²) in [6.07, 6.45) is 2.38. The molecule has 20 heavy (non-hydrogen) atoms. The number of non-ortho nitro benzene ring substituents is 1. The number of carbonyl (C=O) groups is 1. The van der Waals surface area contributed by atoms with Crippen LogP contribution < -0.4 is 4.90 Å². The number of nitro benzene ring substituents is 1. The van der Waals surface area contributed by atoms with E-state index in [4.69, 9.17) is 5.11 Å². The number of carboxylic acids is 1. The Balaban J connectivity index is 2.27. The molecule has 0 aromatic heterocycles. The molecule has 0 amide bonds. The fourth-order valence-electron chi connectivity index (χ4n) is 2.57. The van der Waals surface area contributed by atoms with E-state index < -0.39 is 16.7 Å². The molecule has 1 saturated heterocycles. The summed E-state index contributed by atoms with van der Waals surface area (Å²) in [7, 11) is 0. The molecule has 1 fully saturated rings. The number of aliphatic carboxylic acids is 1. The lowest BCUT2D eigenvalue weighted by atomic mass is 9.98. The normalized spacial score (nSPS) is 18.9. The second-order valence-corrected chi connectivity index (χ2v) is 4.83. The van der Waals surface area contributed by atoms with Crippen LogP contribution in [0.1, 0.15) is 25.7 Å². The molecule has 0 bridgehead atoms. The Morgan fingerprint density at radius 1 is 1.50 bits per heavy atom. The first-order chi connectivity index (χ1) is 9.49. The molecule has 1 atom stereocenters. The minimum atomic E-state index is -0.927. The van der Waals surface area contributed by atoms with Crippen LogP contribution in [0.3, 0.4) is 0 Å². The van der Waals surface area contributed by atoms with Gasteiger partial charge in [-0.05, 0) is 25.3 Å². The van der Waals surface area contributed by atoms with Gasteiger partial charge in [0.15, 0.2) is 5.82 Å². The van der Waals surface area contributed by atoms with Gasteiger partial charge in [0.2, 0.25) is 0 Å².